The van der Waals surface area contributed by atoms with E-state index in [4.69, 9.17) is 11.6 Å². The summed E-state index contributed by atoms with van der Waals surface area (Å²) in [5, 5.41) is 10.8. The highest BCUT2D eigenvalue weighted by molar-refractivity contribution is 6.33. The zero-order chi connectivity index (χ0) is 14.0. The fourth-order valence-corrected chi connectivity index (χ4v) is 2.02. The van der Waals surface area contributed by atoms with E-state index in [1.165, 1.54) is 10.8 Å². The molecule has 0 fully saturated rings. The molecule has 0 aliphatic heterocycles. The number of aryl methyl sites for hydroxylation is 1. The van der Waals surface area contributed by atoms with Crippen LogP contribution in [0.4, 0.5) is 5.69 Å². The molecule has 1 aromatic heterocycles. The molecule has 0 radical (unpaired) electrons. The maximum absolute atomic E-state index is 12.0. The Kier molecular flexibility index (Phi) is 3.66. The van der Waals surface area contributed by atoms with Crippen LogP contribution < -0.4 is 5.56 Å². The fraction of sp³-hybridized carbons (Fsp3) is 0.154. The normalized spacial score (nSPS) is 10.4. The molecule has 5 nitrogen and oxygen atoms in total. The average Bonchev–Trinajstić information content (AvgIpc) is 2.37. The summed E-state index contributed by atoms with van der Waals surface area (Å²) in [4.78, 5) is 22.2. The lowest BCUT2D eigenvalue weighted by atomic mass is 10.2. The van der Waals surface area contributed by atoms with E-state index in [1.807, 2.05) is 30.3 Å². The smallest absolute Gasteiger partial charge is 0.305 e. The minimum atomic E-state index is -0.737. The molecule has 1 heterocycles. The molecule has 2 aromatic rings. The van der Waals surface area contributed by atoms with Crippen LogP contribution in [0.5, 0.6) is 0 Å². The zero-order valence-electron chi connectivity index (χ0n) is 10.2. The first-order valence-corrected chi connectivity index (χ1v) is 5.96. The molecule has 19 heavy (non-hydrogen) atoms. The van der Waals surface area contributed by atoms with Gasteiger partial charge in [-0.15, -0.1) is 0 Å². The summed E-state index contributed by atoms with van der Waals surface area (Å²) in [6, 6.07) is 9.25. The van der Waals surface area contributed by atoms with Crippen molar-refractivity contribution in [2.24, 2.45) is 0 Å². The highest BCUT2D eigenvalue weighted by Gasteiger charge is 2.22. The Morgan fingerprint density at radius 2 is 1.95 bits per heavy atom. The highest BCUT2D eigenvalue weighted by atomic mass is 35.5. The number of rotatable bonds is 3. The average molecular weight is 279 g/mol. The molecule has 0 atom stereocenters. The molecule has 0 unspecified atom stereocenters. The Bertz CT molecular complexity index is 680. The van der Waals surface area contributed by atoms with Crippen LogP contribution in [0.15, 0.2) is 41.3 Å². The molecule has 1 aromatic carbocycles. The quantitative estimate of drug-likeness (QED) is 0.640. The van der Waals surface area contributed by atoms with E-state index in [0.29, 0.717) is 5.56 Å². The summed E-state index contributed by atoms with van der Waals surface area (Å²) in [5.74, 6) is 0. The Labute approximate surface area is 114 Å². The van der Waals surface area contributed by atoms with E-state index >= 15 is 0 Å². The maximum atomic E-state index is 12.0. The number of nitrogens with zero attached hydrogens (tertiary/aromatic N) is 2. The molecule has 0 spiro atoms. The second-order valence-electron chi connectivity index (χ2n) is 4.15. The zero-order valence-corrected chi connectivity index (χ0v) is 10.9. The van der Waals surface area contributed by atoms with Crippen LogP contribution in [0.2, 0.25) is 5.02 Å². The van der Waals surface area contributed by atoms with E-state index in [-0.39, 0.29) is 11.6 Å². The Morgan fingerprint density at radius 3 is 2.53 bits per heavy atom. The van der Waals surface area contributed by atoms with Crippen LogP contribution in [0.1, 0.15) is 11.1 Å². The lowest BCUT2D eigenvalue weighted by Gasteiger charge is -2.08. The topological polar surface area (TPSA) is 65.1 Å². The summed E-state index contributed by atoms with van der Waals surface area (Å²) < 4.78 is 1.30. The van der Waals surface area contributed by atoms with Gasteiger partial charge < -0.3 is 4.57 Å². The van der Waals surface area contributed by atoms with Gasteiger partial charge in [0.2, 0.25) is 0 Å². The van der Waals surface area contributed by atoms with Gasteiger partial charge in [-0.3, -0.25) is 14.9 Å². The van der Waals surface area contributed by atoms with Crippen LogP contribution in [-0.4, -0.2) is 9.49 Å². The molecule has 2 rings (SSSR count). The lowest BCUT2D eigenvalue weighted by molar-refractivity contribution is -0.386. The van der Waals surface area contributed by atoms with E-state index in [2.05, 4.69) is 0 Å². The van der Waals surface area contributed by atoms with Crippen LogP contribution in [-0.2, 0) is 6.54 Å². The van der Waals surface area contributed by atoms with Crippen LogP contribution >= 0.6 is 11.6 Å². The van der Waals surface area contributed by atoms with Gasteiger partial charge in [-0.05, 0) is 18.1 Å². The van der Waals surface area contributed by atoms with Crippen molar-refractivity contribution in [3.8, 4) is 0 Å². The van der Waals surface area contributed by atoms with Gasteiger partial charge in [-0.1, -0.05) is 41.9 Å². The molecule has 0 aliphatic rings. The lowest BCUT2D eigenvalue weighted by Crippen LogP contribution is -2.23. The van der Waals surface area contributed by atoms with Gasteiger partial charge in [-0.25, -0.2) is 0 Å². The third-order valence-corrected chi connectivity index (χ3v) is 3.22. The Hall–Kier alpha value is -2.14. The number of pyridine rings is 1. The Morgan fingerprint density at radius 1 is 1.32 bits per heavy atom. The SMILES string of the molecule is Cc1cn(Cc2ccccc2)c(=O)c([N+](=O)[O-])c1Cl. The molecule has 98 valence electrons. The molecule has 0 saturated carbocycles. The minimum absolute atomic E-state index is 0.0979. The molecule has 0 N–H and O–H groups in total. The molecule has 6 heteroatoms. The number of benzene rings is 1. The minimum Gasteiger partial charge on any atom is -0.305 e. The van der Waals surface area contributed by atoms with E-state index in [0.717, 1.165) is 5.56 Å². The van der Waals surface area contributed by atoms with Crippen LogP contribution in [0, 0.1) is 17.0 Å². The highest BCUT2D eigenvalue weighted by Crippen LogP contribution is 2.23. The van der Waals surface area contributed by atoms with Gasteiger partial charge in [0.15, 0.2) is 0 Å². The molecular weight excluding hydrogens is 268 g/mol. The van der Waals surface area contributed by atoms with Gasteiger partial charge in [-0.2, -0.15) is 0 Å². The van der Waals surface area contributed by atoms with Gasteiger partial charge in [0.05, 0.1) is 11.5 Å². The number of hydrogen-bond donors (Lipinski definition) is 0. The second kappa shape index (κ2) is 5.24. The van der Waals surface area contributed by atoms with Crippen molar-refractivity contribution in [1.82, 2.24) is 4.57 Å². The van der Waals surface area contributed by atoms with Crippen molar-refractivity contribution in [3.63, 3.8) is 0 Å². The third kappa shape index (κ3) is 2.66. The van der Waals surface area contributed by atoms with Crippen molar-refractivity contribution in [3.05, 3.63) is 73.1 Å². The number of hydrogen-bond acceptors (Lipinski definition) is 3. The van der Waals surface area contributed by atoms with Gasteiger partial charge in [0, 0.05) is 6.20 Å². The van der Waals surface area contributed by atoms with Crippen LogP contribution in [0.3, 0.4) is 0 Å². The summed E-state index contributed by atoms with van der Waals surface area (Å²) in [7, 11) is 0. The van der Waals surface area contributed by atoms with Gasteiger partial charge >= 0.3 is 11.2 Å². The monoisotopic (exact) mass is 278 g/mol. The largest absolute Gasteiger partial charge is 0.352 e. The first kappa shape index (κ1) is 13.3. The molecular formula is C13H11ClN2O3. The van der Waals surface area contributed by atoms with E-state index in [1.54, 1.807) is 6.92 Å². The fourth-order valence-electron chi connectivity index (χ4n) is 1.82. The molecule has 0 bridgehead atoms. The summed E-state index contributed by atoms with van der Waals surface area (Å²) in [6.45, 7) is 1.91. The van der Waals surface area contributed by atoms with Crippen molar-refractivity contribution < 1.29 is 4.92 Å². The summed E-state index contributed by atoms with van der Waals surface area (Å²) in [6.07, 6.45) is 1.53. The first-order chi connectivity index (χ1) is 9.00. The van der Waals surface area contributed by atoms with Gasteiger partial charge in [0.25, 0.3) is 0 Å². The molecule has 0 aliphatic carbocycles. The predicted octanol–water partition coefficient (Wildman–Crippen LogP) is 2.77. The number of halogens is 1. The van der Waals surface area contributed by atoms with Crippen LogP contribution in [0.25, 0.3) is 0 Å². The maximum Gasteiger partial charge on any atom is 0.352 e. The standard InChI is InChI=1S/C13H11ClN2O3/c1-9-7-15(8-10-5-3-2-4-6-10)13(17)12(11(9)14)16(18)19/h2-7H,8H2,1H3. The van der Waals surface area contributed by atoms with Crippen molar-refractivity contribution in [2.45, 2.75) is 13.5 Å². The van der Waals surface area contributed by atoms with Crippen molar-refractivity contribution >= 4 is 17.3 Å². The van der Waals surface area contributed by atoms with E-state index < -0.39 is 16.2 Å². The van der Waals surface area contributed by atoms with E-state index in [9.17, 15) is 14.9 Å². The number of aromatic nitrogens is 1. The van der Waals surface area contributed by atoms with Crippen molar-refractivity contribution in [1.29, 1.82) is 0 Å². The van der Waals surface area contributed by atoms with Gasteiger partial charge in [0.1, 0.15) is 5.02 Å². The summed E-state index contributed by atoms with van der Waals surface area (Å²) in [5.41, 5.74) is 0.131. The second-order valence-corrected chi connectivity index (χ2v) is 4.53. The van der Waals surface area contributed by atoms with Crippen molar-refractivity contribution in [2.75, 3.05) is 0 Å². The third-order valence-electron chi connectivity index (χ3n) is 2.75. The molecule has 0 saturated heterocycles. The summed E-state index contributed by atoms with van der Waals surface area (Å²) >= 11 is 5.81. The Balaban J connectivity index is 2.54. The number of nitro groups is 1. The first-order valence-electron chi connectivity index (χ1n) is 5.58. The predicted molar refractivity (Wildman–Crippen MR) is 72.6 cm³/mol. The molecule has 0 amide bonds.